The number of hydrogen-bond acceptors (Lipinski definition) is 6. The van der Waals surface area contributed by atoms with E-state index in [1.807, 2.05) is 16.8 Å². The molecule has 0 aliphatic heterocycles. The predicted octanol–water partition coefficient (Wildman–Crippen LogP) is 1.70. The summed E-state index contributed by atoms with van der Waals surface area (Å²) in [6.45, 7) is -0.101. The summed E-state index contributed by atoms with van der Waals surface area (Å²) < 4.78 is 4.73. The lowest BCUT2D eigenvalue weighted by Crippen LogP contribution is -2.37. The summed E-state index contributed by atoms with van der Waals surface area (Å²) in [5.74, 6) is -1.53. The molecule has 0 aromatic carbocycles. The molecule has 0 saturated heterocycles. The number of carboxylic acid groups (broad SMARTS) is 1. The molecule has 2 rings (SSSR count). The Labute approximate surface area is 123 Å². The predicted molar refractivity (Wildman–Crippen MR) is 76.2 cm³/mol. The molecule has 0 radical (unpaired) electrons. The Kier molecular flexibility index (Phi) is 4.83. The van der Waals surface area contributed by atoms with Crippen molar-refractivity contribution in [3.05, 3.63) is 27.9 Å². The van der Waals surface area contributed by atoms with E-state index < -0.39 is 18.0 Å². The molecule has 0 bridgehead atoms. The molecule has 1 atom stereocenters. The summed E-state index contributed by atoms with van der Waals surface area (Å²) >= 11 is 2.93. The maximum Gasteiger partial charge on any atom is 0.334 e. The van der Waals surface area contributed by atoms with Gasteiger partial charge >= 0.3 is 5.97 Å². The first-order chi connectivity index (χ1) is 9.61. The van der Waals surface area contributed by atoms with Crippen LogP contribution in [0.5, 0.6) is 0 Å². The summed E-state index contributed by atoms with van der Waals surface area (Å²) in [5.41, 5.74) is 1.25. The number of rotatable bonds is 6. The first-order valence-electron chi connectivity index (χ1n) is 5.63. The quantitative estimate of drug-likeness (QED) is 0.847. The van der Waals surface area contributed by atoms with E-state index in [1.165, 1.54) is 18.4 Å². The summed E-state index contributed by atoms with van der Waals surface area (Å²) in [6.07, 6.45) is -1.06. The monoisotopic (exact) mass is 312 g/mol. The third-order valence-electron chi connectivity index (χ3n) is 2.51. The Morgan fingerprint density at radius 3 is 2.90 bits per heavy atom. The van der Waals surface area contributed by atoms with Gasteiger partial charge in [-0.25, -0.2) is 9.78 Å². The van der Waals surface area contributed by atoms with Crippen molar-refractivity contribution < 1.29 is 19.4 Å². The van der Waals surface area contributed by atoms with E-state index in [-0.39, 0.29) is 12.2 Å². The number of aliphatic carboxylic acids is 1. The number of carboxylic acids is 1. The first kappa shape index (κ1) is 14.6. The van der Waals surface area contributed by atoms with Crippen LogP contribution in [0.25, 0.3) is 10.6 Å². The van der Waals surface area contributed by atoms with Crippen molar-refractivity contribution in [2.45, 2.75) is 6.10 Å². The molecule has 106 valence electrons. The van der Waals surface area contributed by atoms with Gasteiger partial charge in [0, 0.05) is 23.4 Å². The highest BCUT2D eigenvalue weighted by Gasteiger charge is 2.19. The van der Waals surface area contributed by atoms with Gasteiger partial charge in [0.25, 0.3) is 5.91 Å². The lowest BCUT2D eigenvalue weighted by atomic mass is 10.3. The van der Waals surface area contributed by atoms with Crippen LogP contribution in [-0.2, 0) is 9.53 Å². The zero-order valence-corrected chi connectivity index (χ0v) is 12.2. The number of carbonyl (C=O) groups excluding carboxylic acids is 1. The van der Waals surface area contributed by atoms with Crippen molar-refractivity contribution in [1.82, 2.24) is 10.3 Å². The molecule has 0 spiro atoms. The Morgan fingerprint density at radius 1 is 1.50 bits per heavy atom. The molecule has 6 nitrogen and oxygen atoms in total. The van der Waals surface area contributed by atoms with Crippen molar-refractivity contribution in [1.29, 1.82) is 0 Å². The molecule has 20 heavy (non-hydrogen) atoms. The minimum atomic E-state index is -1.12. The molecule has 2 aromatic rings. The maximum absolute atomic E-state index is 11.9. The molecule has 0 fully saturated rings. The summed E-state index contributed by atoms with van der Waals surface area (Å²) in [5, 5.41) is 17.6. The largest absolute Gasteiger partial charge is 0.479 e. The SMILES string of the molecule is COC(CNC(=O)c1csc(-c2ccsc2)n1)C(=O)O. The Hall–Kier alpha value is -1.77. The highest BCUT2D eigenvalue weighted by molar-refractivity contribution is 7.14. The van der Waals surface area contributed by atoms with Gasteiger partial charge in [-0.15, -0.1) is 11.3 Å². The van der Waals surface area contributed by atoms with Crippen LogP contribution in [-0.4, -0.2) is 41.7 Å². The summed E-state index contributed by atoms with van der Waals surface area (Å²) in [6, 6.07) is 1.93. The number of thiazole rings is 1. The average Bonchev–Trinajstić information content (AvgIpc) is 3.09. The molecule has 0 aliphatic carbocycles. The number of ether oxygens (including phenoxy) is 1. The number of nitrogens with zero attached hydrogens (tertiary/aromatic N) is 1. The van der Waals surface area contributed by atoms with E-state index in [0.29, 0.717) is 0 Å². The second kappa shape index (κ2) is 6.60. The van der Waals surface area contributed by atoms with Crippen molar-refractivity contribution in [2.75, 3.05) is 13.7 Å². The smallest absolute Gasteiger partial charge is 0.334 e. The molecule has 1 unspecified atom stereocenters. The highest BCUT2D eigenvalue weighted by atomic mass is 32.1. The van der Waals surface area contributed by atoms with Crippen LogP contribution in [0.15, 0.2) is 22.2 Å². The average molecular weight is 312 g/mol. The topological polar surface area (TPSA) is 88.5 Å². The number of methoxy groups -OCH3 is 1. The molecule has 2 aromatic heterocycles. The van der Waals surface area contributed by atoms with Gasteiger partial charge in [0.2, 0.25) is 0 Å². The van der Waals surface area contributed by atoms with Crippen molar-refractivity contribution in [3.8, 4) is 10.6 Å². The number of hydrogen-bond donors (Lipinski definition) is 2. The van der Waals surface area contributed by atoms with E-state index >= 15 is 0 Å². The number of nitrogens with one attached hydrogen (secondary N) is 1. The fraction of sp³-hybridized carbons (Fsp3) is 0.250. The molecular formula is C12H12N2O4S2. The van der Waals surface area contributed by atoms with E-state index in [1.54, 1.807) is 16.7 Å². The van der Waals surface area contributed by atoms with Gasteiger partial charge in [0.15, 0.2) is 6.10 Å². The Balaban J connectivity index is 1.98. The first-order valence-corrected chi connectivity index (χ1v) is 7.46. The second-order valence-electron chi connectivity index (χ2n) is 3.82. The molecule has 1 amide bonds. The molecular weight excluding hydrogens is 300 g/mol. The Bertz CT molecular complexity index is 594. The minimum absolute atomic E-state index is 0.101. The van der Waals surface area contributed by atoms with Gasteiger partial charge < -0.3 is 15.2 Å². The number of thiophene rings is 1. The van der Waals surface area contributed by atoms with Crippen LogP contribution < -0.4 is 5.32 Å². The van der Waals surface area contributed by atoms with Gasteiger partial charge in [0.05, 0.1) is 6.54 Å². The lowest BCUT2D eigenvalue weighted by Gasteiger charge is -2.10. The van der Waals surface area contributed by atoms with Crippen LogP contribution in [0, 0.1) is 0 Å². The third kappa shape index (κ3) is 3.41. The third-order valence-corrected chi connectivity index (χ3v) is 4.09. The van der Waals surface area contributed by atoms with Crippen molar-refractivity contribution in [2.24, 2.45) is 0 Å². The van der Waals surface area contributed by atoms with Gasteiger partial charge in [0.1, 0.15) is 10.7 Å². The normalized spacial score (nSPS) is 12.1. The van der Waals surface area contributed by atoms with Crippen molar-refractivity contribution >= 4 is 34.6 Å². The second-order valence-corrected chi connectivity index (χ2v) is 5.46. The number of amides is 1. The van der Waals surface area contributed by atoms with E-state index in [4.69, 9.17) is 9.84 Å². The Morgan fingerprint density at radius 2 is 2.30 bits per heavy atom. The van der Waals surface area contributed by atoms with Crippen LogP contribution in [0.1, 0.15) is 10.5 Å². The van der Waals surface area contributed by atoms with Crippen LogP contribution in [0.3, 0.4) is 0 Å². The maximum atomic E-state index is 11.9. The fourth-order valence-corrected chi connectivity index (χ4v) is 2.96. The minimum Gasteiger partial charge on any atom is -0.479 e. The summed E-state index contributed by atoms with van der Waals surface area (Å²) in [4.78, 5) is 26.8. The number of aromatic nitrogens is 1. The van der Waals surface area contributed by atoms with Gasteiger partial charge in [-0.1, -0.05) is 0 Å². The summed E-state index contributed by atoms with van der Waals surface area (Å²) in [7, 11) is 1.28. The van der Waals surface area contributed by atoms with Gasteiger partial charge in [-0.2, -0.15) is 11.3 Å². The molecule has 0 saturated carbocycles. The van der Waals surface area contributed by atoms with Gasteiger partial charge in [-0.3, -0.25) is 4.79 Å². The standard InChI is InChI=1S/C12H12N2O4S2/c1-18-9(12(16)17)4-13-10(15)8-6-20-11(14-8)7-2-3-19-5-7/h2-3,5-6,9H,4H2,1H3,(H,13,15)(H,16,17). The highest BCUT2D eigenvalue weighted by Crippen LogP contribution is 2.25. The van der Waals surface area contributed by atoms with Crippen molar-refractivity contribution in [3.63, 3.8) is 0 Å². The zero-order valence-electron chi connectivity index (χ0n) is 10.5. The van der Waals surface area contributed by atoms with E-state index in [2.05, 4.69) is 10.3 Å². The van der Waals surface area contributed by atoms with Gasteiger partial charge in [-0.05, 0) is 11.4 Å². The molecule has 2 heterocycles. The van der Waals surface area contributed by atoms with E-state index in [9.17, 15) is 9.59 Å². The van der Waals surface area contributed by atoms with Crippen LogP contribution in [0.2, 0.25) is 0 Å². The molecule has 8 heteroatoms. The molecule has 0 aliphatic rings. The molecule has 2 N–H and O–H groups in total. The van der Waals surface area contributed by atoms with Crippen LogP contribution in [0.4, 0.5) is 0 Å². The zero-order chi connectivity index (χ0) is 14.5. The van der Waals surface area contributed by atoms with E-state index in [0.717, 1.165) is 10.6 Å². The number of carbonyl (C=O) groups is 2. The van der Waals surface area contributed by atoms with Crippen LogP contribution >= 0.6 is 22.7 Å². The lowest BCUT2D eigenvalue weighted by molar-refractivity contribution is -0.148. The fourth-order valence-electron chi connectivity index (χ4n) is 1.44.